The van der Waals surface area contributed by atoms with Gasteiger partial charge in [0, 0.05) is 24.2 Å². The van der Waals surface area contributed by atoms with Crippen molar-refractivity contribution < 1.29 is 12.8 Å². The van der Waals surface area contributed by atoms with Crippen LogP contribution in [0.25, 0.3) is 11.3 Å². The van der Waals surface area contributed by atoms with E-state index in [-0.39, 0.29) is 16.2 Å². The molecule has 106 valence electrons. The van der Waals surface area contributed by atoms with Gasteiger partial charge in [0.15, 0.2) is 0 Å². The molecule has 0 aliphatic carbocycles. The number of halogens is 1. The Labute approximate surface area is 121 Å². The number of pyridine rings is 1. The van der Waals surface area contributed by atoms with Crippen molar-refractivity contribution in [3.63, 3.8) is 0 Å². The molecule has 0 spiro atoms. The van der Waals surface area contributed by atoms with E-state index in [4.69, 9.17) is 0 Å². The van der Waals surface area contributed by atoms with Gasteiger partial charge in [-0.15, -0.1) is 0 Å². The number of aromatic nitrogens is 2. The molecule has 0 bridgehead atoms. The predicted molar refractivity (Wildman–Crippen MR) is 76.6 cm³/mol. The van der Waals surface area contributed by atoms with Gasteiger partial charge in [-0.25, -0.2) is 16.8 Å². The highest BCUT2D eigenvalue weighted by Crippen LogP contribution is 2.26. The largest absolute Gasteiger partial charge is 0.269 e. The quantitative estimate of drug-likeness (QED) is 0.747. The lowest BCUT2D eigenvalue weighted by Gasteiger charge is -2.10. The summed E-state index contributed by atoms with van der Waals surface area (Å²) in [7, 11) is -3.80. The van der Waals surface area contributed by atoms with Crippen LogP contribution in [0.3, 0.4) is 0 Å². The van der Waals surface area contributed by atoms with E-state index in [9.17, 15) is 12.8 Å². The maximum Gasteiger partial charge on any atom is 0.269 e. The first-order chi connectivity index (χ1) is 10.1. The van der Waals surface area contributed by atoms with Gasteiger partial charge in [-0.1, -0.05) is 12.1 Å². The summed E-state index contributed by atoms with van der Waals surface area (Å²) in [6.45, 7) is 0. The van der Waals surface area contributed by atoms with Gasteiger partial charge in [-0.05, 0) is 36.4 Å². The van der Waals surface area contributed by atoms with Gasteiger partial charge in [0.25, 0.3) is 10.0 Å². The van der Waals surface area contributed by atoms with E-state index in [0.29, 0.717) is 0 Å². The maximum absolute atomic E-state index is 13.9. The van der Waals surface area contributed by atoms with Gasteiger partial charge in [-0.3, -0.25) is 4.98 Å². The second kappa shape index (κ2) is 5.14. The van der Waals surface area contributed by atoms with E-state index < -0.39 is 15.8 Å². The Morgan fingerprint density at radius 3 is 2.52 bits per heavy atom. The summed E-state index contributed by atoms with van der Waals surface area (Å²) < 4.78 is 40.2. The average Bonchev–Trinajstić information content (AvgIpc) is 2.99. The Morgan fingerprint density at radius 1 is 1.00 bits per heavy atom. The van der Waals surface area contributed by atoms with Crippen molar-refractivity contribution in [1.29, 1.82) is 0 Å². The summed E-state index contributed by atoms with van der Waals surface area (Å²) in [6.07, 6.45) is 4.15. The lowest BCUT2D eigenvalue weighted by Crippen LogP contribution is -2.13. The van der Waals surface area contributed by atoms with Crippen LogP contribution in [0.5, 0.6) is 0 Å². The van der Waals surface area contributed by atoms with Crippen LogP contribution in [-0.2, 0) is 10.0 Å². The normalized spacial score (nSPS) is 11.5. The van der Waals surface area contributed by atoms with E-state index >= 15 is 0 Å². The van der Waals surface area contributed by atoms with Crippen molar-refractivity contribution in [3.8, 4) is 11.3 Å². The Morgan fingerprint density at radius 2 is 1.81 bits per heavy atom. The number of hydrogen-bond donors (Lipinski definition) is 0. The summed E-state index contributed by atoms with van der Waals surface area (Å²) in [6, 6.07) is 12.2. The minimum Gasteiger partial charge on any atom is -0.263 e. The third-order valence-corrected chi connectivity index (χ3v) is 4.73. The van der Waals surface area contributed by atoms with Crippen LogP contribution in [0.15, 0.2) is 72.0 Å². The molecule has 0 unspecified atom stereocenters. The molecular weight excluding hydrogens is 291 g/mol. The molecule has 2 heterocycles. The zero-order valence-electron chi connectivity index (χ0n) is 10.8. The molecule has 1 aromatic carbocycles. The topological polar surface area (TPSA) is 52.0 Å². The summed E-state index contributed by atoms with van der Waals surface area (Å²) in [5.41, 5.74) is 0.506. The highest BCUT2D eigenvalue weighted by molar-refractivity contribution is 7.90. The standard InChI is InChI=1S/C15H11FN2O2S/c16-14-7-2-1-6-13(14)15-8-4-10-18(15)21(19,20)12-5-3-9-17-11-12/h1-11H. The lowest BCUT2D eigenvalue weighted by molar-refractivity contribution is 0.587. The van der Waals surface area contributed by atoms with Crippen LogP contribution in [0.2, 0.25) is 0 Å². The Bertz CT molecular complexity index is 873. The van der Waals surface area contributed by atoms with E-state index in [1.807, 2.05) is 0 Å². The molecule has 3 rings (SSSR count). The lowest BCUT2D eigenvalue weighted by atomic mass is 10.1. The van der Waals surface area contributed by atoms with Crippen LogP contribution >= 0.6 is 0 Å². The van der Waals surface area contributed by atoms with Crippen molar-refractivity contribution in [2.75, 3.05) is 0 Å². The third kappa shape index (κ3) is 2.34. The zero-order chi connectivity index (χ0) is 14.9. The predicted octanol–water partition coefficient (Wildman–Crippen LogP) is 2.93. The summed E-state index contributed by atoms with van der Waals surface area (Å²) in [5.74, 6) is -0.473. The molecule has 0 aliphatic heterocycles. The Hall–Kier alpha value is -2.47. The van der Waals surface area contributed by atoms with Crippen molar-refractivity contribution in [2.45, 2.75) is 4.90 Å². The monoisotopic (exact) mass is 302 g/mol. The van der Waals surface area contributed by atoms with Crippen LogP contribution in [0.4, 0.5) is 4.39 Å². The number of rotatable bonds is 3. The van der Waals surface area contributed by atoms with Gasteiger partial charge >= 0.3 is 0 Å². The first-order valence-electron chi connectivity index (χ1n) is 6.18. The van der Waals surface area contributed by atoms with E-state index in [1.165, 1.54) is 30.7 Å². The van der Waals surface area contributed by atoms with Gasteiger partial charge in [0.05, 0.1) is 5.69 Å². The smallest absolute Gasteiger partial charge is 0.263 e. The molecule has 21 heavy (non-hydrogen) atoms. The van der Waals surface area contributed by atoms with Crippen LogP contribution < -0.4 is 0 Å². The molecule has 0 radical (unpaired) electrons. The zero-order valence-corrected chi connectivity index (χ0v) is 11.7. The minimum absolute atomic E-state index is 0.0544. The molecule has 4 nitrogen and oxygen atoms in total. The highest BCUT2D eigenvalue weighted by atomic mass is 32.2. The maximum atomic E-state index is 13.9. The third-order valence-electron chi connectivity index (χ3n) is 3.05. The van der Waals surface area contributed by atoms with Gasteiger partial charge < -0.3 is 0 Å². The molecule has 6 heteroatoms. The number of benzene rings is 1. The molecule has 0 aliphatic rings. The van der Waals surface area contributed by atoms with Crippen LogP contribution in [0.1, 0.15) is 0 Å². The molecule has 2 aromatic heterocycles. The van der Waals surface area contributed by atoms with E-state index in [2.05, 4.69) is 4.98 Å². The average molecular weight is 302 g/mol. The van der Waals surface area contributed by atoms with Crippen LogP contribution in [0, 0.1) is 5.82 Å². The van der Waals surface area contributed by atoms with E-state index in [0.717, 1.165) is 3.97 Å². The minimum atomic E-state index is -3.80. The highest BCUT2D eigenvalue weighted by Gasteiger charge is 2.21. The van der Waals surface area contributed by atoms with E-state index in [1.54, 1.807) is 36.4 Å². The van der Waals surface area contributed by atoms with Gasteiger partial charge in [0.1, 0.15) is 10.7 Å². The Kier molecular flexibility index (Phi) is 3.31. The Balaban J connectivity index is 2.19. The second-order valence-electron chi connectivity index (χ2n) is 4.36. The van der Waals surface area contributed by atoms with Crippen molar-refractivity contribution in [1.82, 2.24) is 8.96 Å². The molecular formula is C15H11FN2O2S. The first-order valence-corrected chi connectivity index (χ1v) is 7.62. The fourth-order valence-corrected chi connectivity index (χ4v) is 3.39. The molecule has 0 N–H and O–H groups in total. The summed E-state index contributed by atoms with van der Waals surface area (Å²) in [4.78, 5) is 3.87. The molecule has 0 fully saturated rings. The van der Waals surface area contributed by atoms with Crippen molar-refractivity contribution >= 4 is 10.0 Å². The fourth-order valence-electron chi connectivity index (χ4n) is 2.07. The molecule has 0 saturated carbocycles. The fraction of sp³-hybridized carbons (Fsp3) is 0. The van der Waals surface area contributed by atoms with Gasteiger partial charge in [-0.2, -0.15) is 0 Å². The van der Waals surface area contributed by atoms with Crippen LogP contribution in [-0.4, -0.2) is 17.4 Å². The summed E-state index contributed by atoms with van der Waals surface area (Å²) in [5, 5.41) is 0. The number of nitrogens with zero attached hydrogens (tertiary/aromatic N) is 2. The first kappa shape index (κ1) is 13.5. The van der Waals surface area contributed by atoms with Gasteiger partial charge in [0.2, 0.25) is 0 Å². The van der Waals surface area contributed by atoms with Crippen molar-refractivity contribution in [2.24, 2.45) is 0 Å². The SMILES string of the molecule is O=S(=O)(c1cccnc1)n1cccc1-c1ccccc1F. The second-order valence-corrected chi connectivity index (χ2v) is 6.18. The molecule has 3 aromatic rings. The number of hydrogen-bond acceptors (Lipinski definition) is 3. The molecule has 0 amide bonds. The molecule has 0 atom stereocenters. The van der Waals surface area contributed by atoms with Crippen molar-refractivity contribution in [3.05, 3.63) is 72.9 Å². The summed E-state index contributed by atoms with van der Waals surface area (Å²) >= 11 is 0. The molecule has 0 saturated heterocycles.